The van der Waals surface area contributed by atoms with Crippen molar-refractivity contribution in [2.45, 2.75) is 39.2 Å². The average Bonchev–Trinajstić information content (AvgIpc) is 2.99. The van der Waals surface area contributed by atoms with Gasteiger partial charge in [0.2, 0.25) is 0 Å². The molecule has 0 bridgehead atoms. The molecule has 0 heterocycles. The van der Waals surface area contributed by atoms with Crippen molar-refractivity contribution in [3.8, 4) is 11.1 Å². The molecular weight excluding hydrogens is 370 g/mol. The first-order valence-corrected chi connectivity index (χ1v) is 9.70. The molecule has 0 radical (unpaired) electrons. The van der Waals surface area contributed by atoms with Crippen molar-refractivity contribution in [2.75, 3.05) is 6.61 Å². The van der Waals surface area contributed by atoms with E-state index in [0.29, 0.717) is 6.42 Å². The number of rotatable bonds is 6. The van der Waals surface area contributed by atoms with Crippen LogP contribution in [0.3, 0.4) is 0 Å². The topological polar surface area (TPSA) is 81.7 Å². The van der Waals surface area contributed by atoms with Crippen LogP contribution in [-0.2, 0) is 19.1 Å². The molecular formula is C23H25NO5. The summed E-state index contributed by atoms with van der Waals surface area (Å²) in [4.78, 5) is 35.6. The lowest BCUT2D eigenvalue weighted by atomic mass is 9.98. The van der Waals surface area contributed by atoms with E-state index in [1.54, 1.807) is 0 Å². The van der Waals surface area contributed by atoms with Gasteiger partial charge in [0.15, 0.2) is 0 Å². The number of hydrogen-bond donors (Lipinski definition) is 1. The molecule has 1 N–H and O–H groups in total. The van der Waals surface area contributed by atoms with Crippen molar-refractivity contribution in [1.82, 2.24) is 5.32 Å². The predicted molar refractivity (Wildman–Crippen MR) is 108 cm³/mol. The van der Waals surface area contributed by atoms with Gasteiger partial charge in [0, 0.05) is 12.8 Å². The van der Waals surface area contributed by atoms with Crippen molar-refractivity contribution in [3.05, 3.63) is 59.7 Å². The van der Waals surface area contributed by atoms with Crippen LogP contribution in [0.2, 0.25) is 0 Å². The van der Waals surface area contributed by atoms with Crippen LogP contribution in [0, 0.1) is 5.92 Å². The third-order valence-corrected chi connectivity index (χ3v) is 4.87. The normalized spacial score (nSPS) is 13.4. The minimum atomic E-state index is -0.936. The third-order valence-electron chi connectivity index (χ3n) is 4.87. The monoisotopic (exact) mass is 395 g/mol. The SMILES string of the molecule is CC(=O)OC(=O)[C@H](CC(C)C)NC(=O)OCC1c2ccccc2-c2ccccc21. The average molecular weight is 395 g/mol. The Hall–Kier alpha value is -3.15. The van der Waals surface area contributed by atoms with Gasteiger partial charge in [-0.15, -0.1) is 0 Å². The Kier molecular flexibility index (Phi) is 6.32. The number of carbonyl (C=O) groups excluding carboxylic acids is 3. The quantitative estimate of drug-likeness (QED) is 0.590. The first-order chi connectivity index (χ1) is 13.9. The second-order valence-corrected chi connectivity index (χ2v) is 7.56. The molecule has 0 saturated carbocycles. The van der Waals surface area contributed by atoms with Crippen LogP contribution in [-0.4, -0.2) is 30.7 Å². The Morgan fingerprint density at radius 3 is 2.03 bits per heavy atom. The molecule has 1 amide bonds. The molecule has 0 spiro atoms. The molecule has 0 aromatic heterocycles. The maximum atomic E-state index is 12.4. The number of nitrogens with one attached hydrogen (secondary N) is 1. The Balaban J connectivity index is 1.68. The van der Waals surface area contributed by atoms with Gasteiger partial charge in [0.05, 0.1) is 0 Å². The van der Waals surface area contributed by atoms with Crippen LogP contribution in [0.5, 0.6) is 0 Å². The minimum Gasteiger partial charge on any atom is -0.449 e. The van der Waals surface area contributed by atoms with Gasteiger partial charge >= 0.3 is 18.0 Å². The third kappa shape index (κ3) is 4.83. The zero-order valence-electron chi connectivity index (χ0n) is 16.8. The molecule has 6 heteroatoms. The summed E-state index contributed by atoms with van der Waals surface area (Å²) < 4.78 is 10.1. The van der Waals surface area contributed by atoms with Crippen molar-refractivity contribution >= 4 is 18.0 Å². The molecule has 0 fully saturated rings. The molecule has 2 aromatic carbocycles. The summed E-state index contributed by atoms with van der Waals surface area (Å²) in [7, 11) is 0. The fraction of sp³-hybridized carbons (Fsp3) is 0.348. The van der Waals surface area contributed by atoms with Gasteiger partial charge in [-0.2, -0.15) is 0 Å². The second-order valence-electron chi connectivity index (χ2n) is 7.56. The van der Waals surface area contributed by atoms with Crippen LogP contribution < -0.4 is 5.32 Å². The van der Waals surface area contributed by atoms with E-state index < -0.39 is 24.1 Å². The standard InChI is InChI=1S/C23H25NO5/c1-14(2)12-21(22(26)29-15(3)25)24-23(27)28-13-20-18-10-6-4-8-16(18)17-9-5-7-11-19(17)20/h4-11,14,20-21H,12-13H2,1-3H3,(H,24,27)/t21-/m0/s1. The van der Waals surface area contributed by atoms with Gasteiger partial charge in [0.25, 0.3) is 0 Å². The Bertz CT molecular complexity index is 875. The van der Waals surface area contributed by atoms with Crippen LogP contribution in [0.4, 0.5) is 4.79 Å². The number of amides is 1. The van der Waals surface area contributed by atoms with E-state index >= 15 is 0 Å². The number of carbonyl (C=O) groups is 3. The van der Waals surface area contributed by atoms with E-state index in [0.717, 1.165) is 29.2 Å². The molecule has 0 aliphatic heterocycles. The van der Waals surface area contributed by atoms with Gasteiger partial charge in [-0.3, -0.25) is 4.79 Å². The summed E-state index contributed by atoms with van der Waals surface area (Å²) in [6.07, 6.45) is -0.367. The largest absolute Gasteiger partial charge is 0.449 e. The molecule has 1 aliphatic carbocycles. The maximum absolute atomic E-state index is 12.4. The van der Waals surface area contributed by atoms with E-state index in [2.05, 4.69) is 22.2 Å². The van der Waals surface area contributed by atoms with Gasteiger partial charge < -0.3 is 14.8 Å². The molecule has 3 rings (SSSR count). The molecule has 0 unspecified atom stereocenters. The Morgan fingerprint density at radius 2 is 1.52 bits per heavy atom. The number of fused-ring (bicyclic) bond motifs is 3. The lowest BCUT2D eigenvalue weighted by Crippen LogP contribution is -2.43. The van der Waals surface area contributed by atoms with Gasteiger partial charge in [-0.25, -0.2) is 9.59 Å². The van der Waals surface area contributed by atoms with Crippen molar-refractivity contribution < 1.29 is 23.9 Å². The summed E-state index contributed by atoms with van der Waals surface area (Å²) >= 11 is 0. The summed E-state index contributed by atoms with van der Waals surface area (Å²) in [5.74, 6) is -1.44. The fourth-order valence-corrected chi connectivity index (χ4v) is 3.68. The highest BCUT2D eigenvalue weighted by Gasteiger charge is 2.30. The van der Waals surface area contributed by atoms with Crippen molar-refractivity contribution in [1.29, 1.82) is 0 Å². The zero-order valence-corrected chi connectivity index (χ0v) is 16.8. The molecule has 29 heavy (non-hydrogen) atoms. The molecule has 6 nitrogen and oxygen atoms in total. The smallest absolute Gasteiger partial charge is 0.407 e. The van der Waals surface area contributed by atoms with E-state index in [1.165, 1.54) is 0 Å². The molecule has 1 atom stereocenters. The summed E-state index contributed by atoms with van der Waals surface area (Å²) in [5.41, 5.74) is 4.49. The summed E-state index contributed by atoms with van der Waals surface area (Å²) in [6, 6.07) is 15.2. The second kappa shape index (κ2) is 8.90. The minimum absolute atomic E-state index is 0.0686. The Labute approximate surface area is 170 Å². The maximum Gasteiger partial charge on any atom is 0.407 e. The lowest BCUT2D eigenvalue weighted by molar-refractivity contribution is -0.159. The highest BCUT2D eigenvalue weighted by Crippen LogP contribution is 2.44. The van der Waals surface area contributed by atoms with E-state index in [4.69, 9.17) is 4.74 Å². The van der Waals surface area contributed by atoms with E-state index in [9.17, 15) is 14.4 Å². The number of hydrogen-bond acceptors (Lipinski definition) is 5. The van der Waals surface area contributed by atoms with Crippen LogP contribution in [0.1, 0.15) is 44.2 Å². The van der Waals surface area contributed by atoms with E-state index in [-0.39, 0.29) is 18.4 Å². The predicted octanol–water partition coefficient (Wildman–Crippen LogP) is 4.03. The van der Waals surface area contributed by atoms with Crippen LogP contribution in [0.25, 0.3) is 11.1 Å². The zero-order chi connectivity index (χ0) is 21.0. The van der Waals surface area contributed by atoms with Crippen LogP contribution >= 0.6 is 0 Å². The number of ether oxygens (including phenoxy) is 2. The van der Waals surface area contributed by atoms with Gasteiger partial charge in [-0.05, 0) is 34.6 Å². The molecule has 1 aliphatic rings. The van der Waals surface area contributed by atoms with Crippen molar-refractivity contribution in [3.63, 3.8) is 0 Å². The highest BCUT2D eigenvalue weighted by molar-refractivity contribution is 5.89. The van der Waals surface area contributed by atoms with E-state index in [1.807, 2.05) is 50.2 Å². The molecule has 2 aromatic rings. The molecule has 152 valence electrons. The summed E-state index contributed by atoms with van der Waals surface area (Å²) in [5, 5.41) is 2.54. The Morgan fingerprint density at radius 1 is 0.966 bits per heavy atom. The number of esters is 2. The number of benzene rings is 2. The van der Waals surface area contributed by atoms with Gasteiger partial charge in [0.1, 0.15) is 12.6 Å². The number of alkyl carbamates (subject to hydrolysis) is 1. The first-order valence-electron chi connectivity index (χ1n) is 9.70. The molecule has 0 saturated heterocycles. The highest BCUT2D eigenvalue weighted by atomic mass is 16.6. The summed E-state index contributed by atoms with van der Waals surface area (Å²) in [6.45, 7) is 5.12. The van der Waals surface area contributed by atoms with Gasteiger partial charge in [-0.1, -0.05) is 62.4 Å². The first kappa shape index (κ1) is 20.6. The van der Waals surface area contributed by atoms with Crippen molar-refractivity contribution in [2.24, 2.45) is 5.92 Å². The lowest BCUT2D eigenvalue weighted by Gasteiger charge is -2.19. The fourth-order valence-electron chi connectivity index (χ4n) is 3.68. The van der Waals surface area contributed by atoms with Crippen LogP contribution in [0.15, 0.2) is 48.5 Å².